The van der Waals surface area contributed by atoms with E-state index in [1.807, 2.05) is 6.07 Å². The van der Waals surface area contributed by atoms with Gasteiger partial charge in [0.25, 0.3) is 0 Å². The Morgan fingerprint density at radius 1 is 1.03 bits per heavy atom. The quantitative estimate of drug-likeness (QED) is 0.271. The highest BCUT2D eigenvalue weighted by atomic mass is 32.2. The van der Waals surface area contributed by atoms with E-state index >= 15 is 4.39 Å². The minimum Gasteiger partial charge on any atom is -0.384 e. The van der Waals surface area contributed by atoms with Crippen LogP contribution in [-0.4, -0.2) is 38.2 Å². The summed E-state index contributed by atoms with van der Waals surface area (Å²) < 4.78 is 59.0. The molecule has 0 bridgehead atoms. The van der Waals surface area contributed by atoms with E-state index in [1.165, 1.54) is 30.2 Å². The lowest BCUT2D eigenvalue weighted by Gasteiger charge is -2.30. The first-order chi connectivity index (χ1) is 18.9. The average Bonchev–Trinajstić information content (AvgIpc) is 3.69. The maximum atomic E-state index is 15.9. The number of nitrogens with two attached hydrogens (primary N) is 1. The number of benzene rings is 2. The number of thiazole rings is 1. The Morgan fingerprint density at radius 2 is 1.82 bits per heavy atom. The largest absolute Gasteiger partial charge is 0.384 e. The van der Waals surface area contributed by atoms with Crippen molar-refractivity contribution in [2.45, 2.75) is 42.5 Å². The summed E-state index contributed by atoms with van der Waals surface area (Å²) in [7, 11) is -2.23. The van der Waals surface area contributed by atoms with Crippen molar-refractivity contribution in [3.05, 3.63) is 77.2 Å². The monoisotopic (exact) mass is 569 g/mol. The highest BCUT2D eigenvalue weighted by Gasteiger charge is 2.33. The first-order valence-electron chi connectivity index (χ1n) is 12.8. The summed E-state index contributed by atoms with van der Waals surface area (Å²) in [5.74, 6) is -1.67. The summed E-state index contributed by atoms with van der Waals surface area (Å²) in [6, 6.07) is 11.5. The van der Waals surface area contributed by atoms with Crippen molar-refractivity contribution in [3.63, 3.8) is 0 Å². The number of hydrogen-bond acceptors (Lipinski definition) is 6. The number of piperidine rings is 1. The molecule has 4 aromatic rings. The van der Waals surface area contributed by atoms with E-state index in [0.717, 1.165) is 65.6 Å². The van der Waals surface area contributed by atoms with E-state index in [1.54, 1.807) is 24.4 Å². The van der Waals surface area contributed by atoms with Gasteiger partial charge in [0.2, 0.25) is 0 Å². The molecule has 202 valence electrons. The smallest absolute Gasteiger partial charge is 0.156 e. The summed E-state index contributed by atoms with van der Waals surface area (Å²) in [6.45, 7) is 2.05. The van der Waals surface area contributed by atoms with Crippen LogP contribution in [0.3, 0.4) is 0 Å². The SMILES string of the molecule is Nc1cc(-c2sc(C3CCN(C4CC4)CC3)nc2-c2cccc(NS(=O)c3cc(F)ccc3F)c2F)ccn1. The van der Waals surface area contributed by atoms with Crippen LogP contribution in [0.15, 0.2) is 59.6 Å². The molecule has 1 saturated carbocycles. The minimum atomic E-state index is -2.23. The molecular formula is C28H26F3N5OS2. The lowest BCUT2D eigenvalue weighted by molar-refractivity contribution is 0.203. The molecular weight excluding hydrogens is 543 g/mol. The van der Waals surface area contributed by atoms with Gasteiger partial charge in [0, 0.05) is 23.7 Å². The molecule has 6 rings (SSSR count). The Balaban J connectivity index is 1.36. The van der Waals surface area contributed by atoms with E-state index in [2.05, 4.69) is 14.6 Å². The van der Waals surface area contributed by atoms with Crippen LogP contribution >= 0.6 is 11.3 Å². The number of nitrogen functional groups attached to an aromatic ring is 1. The van der Waals surface area contributed by atoms with Gasteiger partial charge in [0.1, 0.15) is 17.5 Å². The number of nitrogens with zero attached hydrogens (tertiary/aromatic N) is 3. The van der Waals surface area contributed by atoms with Crippen molar-refractivity contribution in [1.82, 2.24) is 14.9 Å². The Morgan fingerprint density at radius 3 is 2.56 bits per heavy atom. The Hall–Kier alpha value is -3.28. The second-order valence-corrected chi connectivity index (χ2v) is 12.1. The number of hydrogen-bond donors (Lipinski definition) is 2. The van der Waals surface area contributed by atoms with Crippen molar-refractivity contribution >= 4 is 33.8 Å². The highest BCUT2D eigenvalue weighted by Crippen LogP contribution is 2.44. The van der Waals surface area contributed by atoms with Gasteiger partial charge in [0.05, 0.1) is 26.2 Å². The summed E-state index contributed by atoms with van der Waals surface area (Å²) in [5, 5.41) is 0.939. The lowest BCUT2D eigenvalue weighted by atomic mass is 9.97. The van der Waals surface area contributed by atoms with Crippen LogP contribution in [0.2, 0.25) is 0 Å². The maximum absolute atomic E-state index is 15.9. The summed E-state index contributed by atoms with van der Waals surface area (Å²) >= 11 is 1.53. The number of pyridine rings is 1. The van der Waals surface area contributed by atoms with Crippen LogP contribution in [0, 0.1) is 17.5 Å². The van der Waals surface area contributed by atoms with Gasteiger partial charge in [-0.3, -0.25) is 4.72 Å². The molecule has 6 nitrogen and oxygen atoms in total. The fourth-order valence-electron chi connectivity index (χ4n) is 5.00. The second kappa shape index (κ2) is 10.7. The van der Waals surface area contributed by atoms with Gasteiger partial charge < -0.3 is 10.6 Å². The standard InChI is InChI=1S/C28H26F3N5OS2/c29-18-4-7-21(30)23(15-18)39(37)35-22-3-1-2-20(25(22)31)26-27(17-8-11-33-24(32)14-17)38-28(34-26)16-9-12-36(13-10-16)19-5-6-19/h1-4,7-8,11,14-16,19,35H,5-6,9-10,12-13H2,(H2,32,33). The van der Waals surface area contributed by atoms with Crippen molar-refractivity contribution in [3.8, 4) is 21.7 Å². The normalized spacial score (nSPS) is 17.3. The number of halogens is 3. The third-order valence-corrected chi connectivity index (χ3v) is 9.56. The molecule has 1 saturated heterocycles. The number of nitrogens with one attached hydrogen (secondary N) is 1. The van der Waals surface area contributed by atoms with E-state index < -0.39 is 33.3 Å². The molecule has 39 heavy (non-hydrogen) atoms. The molecule has 11 heteroatoms. The Bertz CT molecular complexity index is 1550. The molecule has 2 fully saturated rings. The van der Waals surface area contributed by atoms with Crippen LogP contribution < -0.4 is 10.5 Å². The molecule has 0 spiro atoms. The van der Waals surface area contributed by atoms with Gasteiger partial charge in [-0.2, -0.15) is 0 Å². The van der Waals surface area contributed by atoms with Gasteiger partial charge in [0.15, 0.2) is 16.8 Å². The fraction of sp³-hybridized carbons (Fsp3) is 0.286. The predicted molar refractivity (Wildman–Crippen MR) is 148 cm³/mol. The molecule has 2 aromatic carbocycles. The summed E-state index contributed by atoms with van der Waals surface area (Å²) in [5.41, 5.74) is 7.29. The molecule has 1 aliphatic carbocycles. The first-order valence-corrected chi connectivity index (χ1v) is 14.7. The van der Waals surface area contributed by atoms with Crippen LogP contribution in [0.5, 0.6) is 0 Å². The zero-order chi connectivity index (χ0) is 27.1. The Kier molecular flexibility index (Phi) is 7.13. The van der Waals surface area contributed by atoms with Crippen molar-refractivity contribution in [2.24, 2.45) is 0 Å². The molecule has 2 aliphatic rings. The lowest BCUT2D eigenvalue weighted by Crippen LogP contribution is -2.34. The zero-order valence-corrected chi connectivity index (χ0v) is 22.5. The second-order valence-electron chi connectivity index (χ2n) is 9.85. The number of anilines is 2. The molecule has 2 aromatic heterocycles. The third-order valence-electron chi connectivity index (χ3n) is 7.18. The van der Waals surface area contributed by atoms with E-state index in [-0.39, 0.29) is 17.2 Å². The fourth-order valence-corrected chi connectivity index (χ4v) is 7.18. The van der Waals surface area contributed by atoms with Crippen molar-refractivity contribution in [1.29, 1.82) is 0 Å². The minimum absolute atomic E-state index is 0.109. The number of rotatable bonds is 7. The maximum Gasteiger partial charge on any atom is 0.156 e. The van der Waals surface area contributed by atoms with E-state index in [9.17, 15) is 13.0 Å². The van der Waals surface area contributed by atoms with Crippen molar-refractivity contribution < 1.29 is 17.4 Å². The van der Waals surface area contributed by atoms with Crippen molar-refractivity contribution in [2.75, 3.05) is 23.5 Å². The van der Waals surface area contributed by atoms with Crippen LogP contribution in [0.4, 0.5) is 24.7 Å². The van der Waals surface area contributed by atoms with Gasteiger partial charge in [-0.1, -0.05) is 6.07 Å². The molecule has 1 aliphatic heterocycles. The van der Waals surface area contributed by atoms with Crippen LogP contribution in [-0.2, 0) is 11.0 Å². The van der Waals surface area contributed by atoms with Gasteiger partial charge in [-0.15, -0.1) is 11.3 Å². The Labute approximate surface area is 230 Å². The van der Waals surface area contributed by atoms with Gasteiger partial charge in [-0.25, -0.2) is 27.3 Å². The van der Waals surface area contributed by atoms with Crippen LogP contribution in [0.25, 0.3) is 21.7 Å². The first kappa shape index (κ1) is 26.0. The van der Waals surface area contributed by atoms with Crippen LogP contribution in [0.1, 0.15) is 36.6 Å². The molecule has 3 heterocycles. The molecule has 0 amide bonds. The number of likely N-dealkylation sites (tertiary alicyclic amines) is 1. The van der Waals surface area contributed by atoms with Gasteiger partial charge in [-0.05, 0) is 86.8 Å². The molecule has 1 atom stereocenters. The average molecular weight is 570 g/mol. The third kappa shape index (κ3) is 5.43. The predicted octanol–water partition coefficient (Wildman–Crippen LogP) is 6.35. The van der Waals surface area contributed by atoms with E-state index in [4.69, 9.17) is 10.7 Å². The van der Waals surface area contributed by atoms with Gasteiger partial charge >= 0.3 is 0 Å². The zero-order valence-electron chi connectivity index (χ0n) is 20.9. The summed E-state index contributed by atoms with van der Waals surface area (Å²) in [6.07, 6.45) is 6.14. The number of aromatic nitrogens is 2. The van der Waals surface area contributed by atoms with E-state index in [0.29, 0.717) is 11.5 Å². The topological polar surface area (TPSA) is 84.1 Å². The highest BCUT2D eigenvalue weighted by molar-refractivity contribution is 7.86. The molecule has 0 radical (unpaired) electrons. The summed E-state index contributed by atoms with van der Waals surface area (Å²) in [4.78, 5) is 11.9. The molecule has 1 unspecified atom stereocenters. The molecule has 3 N–H and O–H groups in total.